The monoisotopic (exact) mass is 398 g/mol. The molecule has 0 radical (unpaired) electrons. The Labute approximate surface area is 140 Å². The zero-order valence-corrected chi connectivity index (χ0v) is 15.2. The standard InChI is InChI=1S/C13H19BrN2O3S.ClH/c1-16(11(8-15)9-3-4-9)20(17,18)13-7-10(14)5-6-12(13)19-2;/h5-7,9,11H,3-4,8,15H2,1-2H3;1H. The first kappa shape index (κ1) is 18.7. The van der Waals surface area contributed by atoms with Gasteiger partial charge < -0.3 is 10.5 Å². The summed E-state index contributed by atoms with van der Waals surface area (Å²) in [7, 11) is -0.572. The first-order valence-corrected chi connectivity index (χ1v) is 8.66. The van der Waals surface area contributed by atoms with Gasteiger partial charge in [0.05, 0.1) is 7.11 Å². The first-order valence-electron chi connectivity index (χ1n) is 6.43. The number of halogens is 2. The second kappa shape index (κ2) is 7.28. The normalized spacial score (nSPS) is 16.4. The smallest absolute Gasteiger partial charge is 0.246 e. The maximum Gasteiger partial charge on any atom is 0.246 e. The number of ether oxygens (including phenoxy) is 1. The van der Waals surface area contributed by atoms with E-state index in [1.165, 1.54) is 11.4 Å². The molecule has 0 heterocycles. The van der Waals surface area contributed by atoms with Gasteiger partial charge in [-0.25, -0.2) is 8.42 Å². The molecule has 2 N–H and O–H groups in total. The highest BCUT2D eigenvalue weighted by Crippen LogP contribution is 2.37. The van der Waals surface area contributed by atoms with Gasteiger partial charge in [-0.15, -0.1) is 12.4 Å². The minimum Gasteiger partial charge on any atom is -0.495 e. The Morgan fingerprint density at radius 1 is 1.48 bits per heavy atom. The molecule has 0 spiro atoms. The van der Waals surface area contributed by atoms with Gasteiger partial charge in [0.2, 0.25) is 10.0 Å². The summed E-state index contributed by atoms with van der Waals surface area (Å²) in [5.74, 6) is 0.713. The largest absolute Gasteiger partial charge is 0.495 e. The summed E-state index contributed by atoms with van der Waals surface area (Å²) in [4.78, 5) is 0.163. The average molecular weight is 400 g/mol. The Hall–Kier alpha value is -0.340. The first-order chi connectivity index (χ1) is 9.41. The van der Waals surface area contributed by atoms with E-state index in [1.807, 2.05) is 0 Å². The van der Waals surface area contributed by atoms with Crippen LogP contribution in [0.15, 0.2) is 27.6 Å². The lowest BCUT2D eigenvalue weighted by atomic mass is 10.2. The Bertz CT molecular complexity index is 593. The molecule has 0 aliphatic heterocycles. The minimum atomic E-state index is -3.62. The molecular formula is C13H20BrClN2O3S. The molecule has 1 unspecified atom stereocenters. The van der Waals surface area contributed by atoms with Gasteiger partial charge in [0, 0.05) is 24.1 Å². The highest BCUT2D eigenvalue weighted by molar-refractivity contribution is 9.10. The minimum absolute atomic E-state index is 0. The predicted molar refractivity (Wildman–Crippen MR) is 88.5 cm³/mol. The van der Waals surface area contributed by atoms with E-state index < -0.39 is 10.0 Å². The summed E-state index contributed by atoms with van der Waals surface area (Å²) < 4.78 is 32.8. The molecule has 2 rings (SSSR count). The van der Waals surface area contributed by atoms with E-state index in [2.05, 4.69) is 15.9 Å². The molecule has 1 aromatic rings. The number of likely N-dealkylation sites (N-methyl/N-ethyl adjacent to an activating group) is 1. The van der Waals surface area contributed by atoms with Crippen molar-refractivity contribution < 1.29 is 13.2 Å². The van der Waals surface area contributed by atoms with Crippen molar-refractivity contribution in [3.8, 4) is 5.75 Å². The highest BCUT2D eigenvalue weighted by Gasteiger charge is 2.39. The fraction of sp³-hybridized carbons (Fsp3) is 0.538. The van der Waals surface area contributed by atoms with Gasteiger partial charge in [-0.3, -0.25) is 0 Å². The molecule has 1 atom stereocenters. The van der Waals surface area contributed by atoms with Crippen LogP contribution < -0.4 is 10.5 Å². The number of hydrogen-bond donors (Lipinski definition) is 1. The van der Waals surface area contributed by atoms with Gasteiger partial charge in [-0.05, 0) is 37.0 Å². The third-order valence-electron chi connectivity index (χ3n) is 3.66. The SMILES string of the molecule is COc1ccc(Br)cc1S(=O)(=O)N(C)C(CN)C1CC1.Cl. The molecule has 5 nitrogen and oxygen atoms in total. The Balaban J connectivity index is 0.00000220. The summed E-state index contributed by atoms with van der Waals surface area (Å²) in [6.07, 6.45) is 2.08. The van der Waals surface area contributed by atoms with E-state index in [9.17, 15) is 8.42 Å². The van der Waals surface area contributed by atoms with E-state index in [4.69, 9.17) is 10.5 Å². The van der Waals surface area contributed by atoms with Crippen LogP contribution in [0.25, 0.3) is 0 Å². The van der Waals surface area contributed by atoms with Crippen LogP contribution in [-0.4, -0.2) is 39.5 Å². The molecular weight excluding hydrogens is 380 g/mol. The van der Waals surface area contributed by atoms with Crippen LogP contribution in [0.1, 0.15) is 12.8 Å². The molecule has 21 heavy (non-hydrogen) atoms. The number of nitrogens with zero attached hydrogens (tertiary/aromatic N) is 1. The molecule has 0 saturated heterocycles. The Morgan fingerprint density at radius 2 is 2.10 bits per heavy atom. The van der Waals surface area contributed by atoms with Gasteiger partial charge in [0.15, 0.2) is 0 Å². The van der Waals surface area contributed by atoms with E-state index >= 15 is 0 Å². The number of sulfonamides is 1. The van der Waals surface area contributed by atoms with E-state index in [0.717, 1.165) is 12.8 Å². The maximum absolute atomic E-state index is 12.8. The van der Waals surface area contributed by atoms with Crippen molar-refractivity contribution in [3.05, 3.63) is 22.7 Å². The predicted octanol–water partition coefficient (Wildman–Crippen LogP) is 2.24. The number of nitrogens with two attached hydrogens (primary N) is 1. The van der Waals surface area contributed by atoms with E-state index in [1.54, 1.807) is 25.2 Å². The molecule has 0 amide bonds. The summed E-state index contributed by atoms with van der Waals surface area (Å²) in [6.45, 7) is 0.330. The average Bonchev–Trinajstić information content (AvgIpc) is 3.24. The van der Waals surface area contributed by atoms with Gasteiger partial charge in [-0.2, -0.15) is 4.31 Å². The van der Waals surface area contributed by atoms with Crippen molar-refractivity contribution in [3.63, 3.8) is 0 Å². The third kappa shape index (κ3) is 3.90. The summed E-state index contributed by atoms with van der Waals surface area (Å²) >= 11 is 3.30. The molecule has 0 bridgehead atoms. The molecule has 1 aliphatic carbocycles. The lowest BCUT2D eigenvalue weighted by Gasteiger charge is -2.27. The maximum atomic E-state index is 12.8. The Morgan fingerprint density at radius 3 is 2.57 bits per heavy atom. The van der Waals surface area contributed by atoms with Crippen LogP contribution in [0.2, 0.25) is 0 Å². The van der Waals surface area contributed by atoms with Crippen molar-refractivity contribution in [2.24, 2.45) is 11.7 Å². The lowest BCUT2D eigenvalue weighted by Crippen LogP contribution is -2.43. The lowest BCUT2D eigenvalue weighted by molar-refractivity contribution is 0.337. The zero-order chi connectivity index (χ0) is 14.9. The fourth-order valence-corrected chi connectivity index (χ4v) is 4.42. The van der Waals surface area contributed by atoms with E-state index in [-0.39, 0.29) is 23.3 Å². The van der Waals surface area contributed by atoms with E-state index in [0.29, 0.717) is 22.7 Å². The Kier molecular flexibility index (Phi) is 6.49. The van der Waals surface area contributed by atoms with Crippen molar-refractivity contribution >= 4 is 38.4 Å². The zero-order valence-electron chi connectivity index (χ0n) is 12.0. The molecule has 120 valence electrons. The topological polar surface area (TPSA) is 72.6 Å². The van der Waals surface area contributed by atoms with Gasteiger partial charge in [0.25, 0.3) is 0 Å². The quantitative estimate of drug-likeness (QED) is 0.796. The molecule has 0 aromatic heterocycles. The van der Waals surface area contributed by atoms with Crippen LogP contribution in [-0.2, 0) is 10.0 Å². The van der Waals surface area contributed by atoms with Crippen molar-refractivity contribution in [1.29, 1.82) is 0 Å². The number of hydrogen-bond acceptors (Lipinski definition) is 4. The second-order valence-electron chi connectivity index (χ2n) is 4.96. The van der Waals surface area contributed by atoms with Gasteiger partial charge >= 0.3 is 0 Å². The summed E-state index contributed by atoms with van der Waals surface area (Å²) in [5.41, 5.74) is 5.74. The van der Waals surface area contributed by atoms with Crippen LogP contribution in [0, 0.1) is 5.92 Å². The fourth-order valence-electron chi connectivity index (χ4n) is 2.30. The van der Waals surface area contributed by atoms with Gasteiger partial charge in [-0.1, -0.05) is 15.9 Å². The van der Waals surface area contributed by atoms with Crippen LogP contribution in [0.4, 0.5) is 0 Å². The molecule has 1 aromatic carbocycles. The number of methoxy groups -OCH3 is 1. The van der Waals surface area contributed by atoms with Crippen LogP contribution in [0.3, 0.4) is 0 Å². The third-order valence-corrected chi connectivity index (χ3v) is 6.05. The summed E-state index contributed by atoms with van der Waals surface area (Å²) in [5, 5.41) is 0. The number of rotatable bonds is 6. The van der Waals surface area contributed by atoms with Crippen molar-refractivity contribution in [1.82, 2.24) is 4.31 Å². The highest BCUT2D eigenvalue weighted by atomic mass is 79.9. The number of benzene rings is 1. The molecule has 1 aliphatic rings. The van der Waals surface area contributed by atoms with Crippen LogP contribution in [0.5, 0.6) is 5.75 Å². The van der Waals surface area contributed by atoms with Crippen molar-refractivity contribution in [2.45, 2.75) is 23.8 Å². The molecule has 1 saturated carbocycles. The summed E-state index contributed by atoms with van der Waals surface area (Å²) in [6, 6.07) is 4.80. The molecule has 8 heteroatoms. The second-order valence-corrected chi connectivity index (χ2v) is 7.84. The molecule has 1 fully saturated rings. The van der Waals surface area contributed by atoms with Crippen molar-refractivity contribution in [2.75, 3.05) is 20.7 Å². The van der Waals surface area contributed by atoms with Gasteiger partial charge in [0.1, 0.15) is 10.6 Å². The van der Waals surface area contributed by atoms with Crippen LogP contribution >= 0.6 is 28.3 Å².